The molecule has 0 aromatic heterocycles. The summed E-state index contributed by atoms with van der Waals surface area (Å²) < 4.78 is 5.77. The SMILES string of the molecule is CC=CC1CCC(CCc2ccc(-c3ccc(COCCCCC)cc3)cc2)CC1. The standard InChI is InChI=1S/C29H40O/c1-3-5-6-22-30-23-27-16-20-29(21-17-27)28-18-14-26(15-19-28)13-12-25-10-8-24(7-4-2)9-11-25/h4,7,14-21,24-25H,3,5-6,8-13,22-23H2,1-2H3. The average Bonchev–Trinajstić information content (AvgIpc) is 2.79. The smallest absolute Gasteiger partial charge is 0.0716 e. The first-order chi connectivity index (χ1) is 14.8. The van der Waals surface area contributed by atoms with Crippen molar-refractivity contribution in [2.75, 3.05) is 6.61 Å². The van der Waals surface area contributed by atoms with Crippen LogP contribution in [0.25, 0.3) is 11.1 Å². The van der Waals surface area contributed by atoms with Crippen LogP contribution in [0, 0.1) is 11.8 Å². The molecule has 162 valence electrons. The van der Waals surface area contributed by atoms with Crippen LogP contribution in [0.5, 0.6) is 0 Å². The largest absolute Gasteiger partial charge is 0.377 e. The summed E-state index contributed by atoms with van der Waals surface area (Å²) in [4.78, 5) is 0. The van der Waals surface area contributed by atoms with Gasteiger partial charge in [-0.2, -0.15) is 0 Å². The summed E-state index contributed by atoms with van der Waals surface area (Å²) in [5.41, 5.74) is 5.34. The highest BCUT2D eigenvalue weighted by Gasteiger charge is 2.19. The molecule has 30 heavy (non-hydrogen) atoms. The quantitative estimate of drug-likeness (QED) is 0.270. The molecule has 0 heterocycles. The summed E-state index contributed by atoms with van der Waals surface area (Å²) in [5.74, 6) is 1.76. The first kappa shape index (κ1) is 22.8. The molecular weight excluding hydrogens is 364 g/mol. The van der Waals surface area contributed by atoms with Crippen LogP contribution in [0.1, 0.15) is 76.3 Å². The number of rotatable bonds is 11. The van der Waals surface area contributed by atoms with E-state index in [0.717, 1.165) is 25.0 Å². The van der Waals surface area contributed by atoms with Crippen molar-refractivity contribution in [1.29, 1.82) is 0 Å². The molecule has 1 aliphatic carbocycles. The van der Waals surface area contributed by atoms with Gasteiger partial charge in [0.2, 0.25) is 0 Å². The Hall–Kier alpha value is -1.86. The third-order valence-corrected chi connectivity index (χ3v) is 6.60. The minimum absolute atomic E-state index is 0.722. The number of unbranched alkanes of at least 4 members (excludes halogenated alkanes) is 2. The molecule has 0 unspecified atom stereocenters. The Morgan fingerprint density at radius 2 is 1.47 bits per heavy atom. The summed E-state index contributed by atoms with van der Waals surface area (Å²) >= 11 is 0. The number of hydrogen-bond acceptors (Lipinski definition) is 1. The second-order valence-electron chi connectivity index (χ2n) is 9.00. The van der Waals surface area contributed by atoms with Gasteiger partial charge in [0.15, 0.2) is 0 Å². The monoisotopic (exact) mass is 404 g/mol. The Balaban J connectivity index is 1.43. The Kier molecular flexibility index (Phi) is 9.70. The minimum atomic E-state index is 0.722. The lowest BCUT2D eigenvalue weighted by atomic mass is 9.79. The van der Waals surface area contributed by atoms with Gasteiger partial charge >= 0.3 is 0 Å². The van der Waals surface area contributed by atoms with E-state index in [9.17, 15) is 0 Å². The molecule has 3 rings (SSSR count). The van der Waals surface area contributed by atoms with Gasteiger partial charge in [-0.15, -0.1) is 0 Å². The molecule has 2 aromatic rings. The molecule has 0 N–H and O–H groups in total. The molecule has 0 atom stereocenters. The van der Waals surface area contributed by atoms with Gasteiger partial charge in [0, 0.05) is 6.61 Å². The molecule has 2 aromatic carbocycles. The molecule has 0 spiro atoms. The summed E-state index contributed by atoms with van der Waals surface area (Å²) in [6.07, 6.45) is 16.4. The van der Waals surface area contributed by atoms with E-state index in [1.807, 2.05) is 0 Å². The Bertz CT molecular complexity index is 733. The van der Waals surface area contributed by atoms with Crippen molar-refractivity contribution in [3.63, 3.8) is 0 Å². The number of aryl methyl sites for hydroxylation is 1. The van der Waals surface area contributed by atoms with Crippen molar-refractivity contribution in [1.82, 2.24) is 0 Å². The van der Waals surface area contributed by atoms with E-state index in [2.05, 4.69) is 74.5 Å². The van der Waals surface area contributed by atoms with E-state index >= 15 is 0 Å². The fourth-order valence-electron chi connectivity index (χ4n) is 4.61. The van der Waals surface area contributed by atoms with Gasteiger partial charge in [0.1, 0.15) is 0 Å². The Morgan fingerprint density at radius 3 is 2.07 bits per heavy atom. The predicted molar refractivity (Wildman–Crippen MR) is 130 cm³/mol. The zero-order valence-electron chi connectivity index (χ0n) is 19.1. The fraction of sp³-hybridized carbons (Fsp3) is 0.517. The van der Waals surface area contributed by atoms with Gasteiger partial charge in [0.05, 0.1) is 6.61 Å². The van der Waals surface area contributed by atoms with Gasteiger partial charge in [0.25, 0.3) is 0 Å². The van der Waals surface area contributed by atoms with Crippen LogP contribution < -0.4 is 0 Å². The zero-order valence-corrected chi connectivity index (χ0v) is 19.1. The predicted octanol–water partition coefficient (Wildman–Crippen LogP) is 8.38. The summed E-state index contributed by atoms with van der Waals surface area (Å²) in [6, 6.07) is 18.1. The van der Waals surface area contributed by atoms with E-state index in [1.165, 1.54) is 80.0 Å². The summed E-state index contributed by atoms with van der Waals surface area (Å²) in [5, 5.41) is 0. The average molecular weight is 405 g/mol. The van der Waals surface area contributed by atoms with Crippen LogP contribution in [0.15, 0.2) is 60.7 Å². The Morgan fingerprint density at radius 1 is 0.833 bits per heavy atom. The maximum Gasteiger partial charge on any atom is 0.0716 e. The van der Waals surface area contributed by atoms with Crippen LogP contribution in [-0.2, 0) is 17.8 Å². The fourth-order valence-corrected chi connectivity index (χ4v) is 4.61. The maximum absolute atomic E-state index is 5.77. The van der Waals surface area contributed by atoms with Gasteiger partial charge in [-0.05, 0) is 86.0 Å². The molecule has 0 radical (unpaired) electrons. The number of ether oxygens (including phenoxy) is 1. The summed E-state index contributed by atoms with van der Waals surface area (Å²) in [7, 11) is 0. The molecule has 0 saturated heterocycles. The molecule has 0 bridgehead atoms. The maximum atomic E-state index is 5.77. The third-order valence-electron chi connectivity index (χ3n) is 6.60. The third kappa shape index (κ3) is 7.43. The van der Waals surface area contributed by atoms with E-state index in [4.69, 9.17) is 4.74 Å². The molecule has 0 aliphatic heterocycles. The van der Waals surface area contributed by atoms with E-state index in [-0.39, 0.29) is 0 Å². The van der Waals surface area contributed by atoms with Crippen LogP contribution in [0.4, 0.5) is 0 Å². The molecule has 1 saturated carbocycles. The van der Waals surface area contributed by atoms with Gasteiger partial charge in [-0.1, -0.05) is 80.4 Å². The minimum Gasteiger partial charge on any atom is -0.377 e. The normalized spacial score (nSPS) is 19.4. The summed E-state index contributed by atoms with van der Waals surface area (Å²) in [6.45, 7) is 5.96. The van der Waals surface area contributed by atoms with Gasteiger partial charge < -0.3 is 4.74 Å². The second kappa shape index (κ2) is 12.7. The topological polar surface area (TPSA) is 9.23 Å². The van der Waals surface area contributed by atoms with E-state index in [1.54, 1.807) is 0 Å². The number of benzene rings is 2. The number of hydrogen-bond donors (Lipinski definition) is 0. The molecular formula is C29H40O. The molecule has 1 aliphatic rings. The first-order valence-electron chi connectivity index (χ1n) is 12.2. The molecule has 1 fully saturated rings. The van der Waals surface area contributed by atoms with E-state index in [0.29, 0.717) is 0 Å². The van der Waals surface area contributed by atoms with Crippen LogP contribution in [0.3, 0.4) is 0 Å². The lowest BCUT2D eigenvalue weighted by Gasteiger charge is -2.26. The lowest BCUT2D eigenvalue weighted by molar-refractivity contribution is 0.117. The van der Waals surface area contributed by atoms with Crippen molar-refractivity contribution in [2.24, 2.45) is 11.8 Å². The highest BCUT2D eigenvalue weighted by Crippen LogP contribution is 2.32. The van der Waals surface area contributed by atoms with Crippen molar-refractivity contribution in [3.8, 4) is 11.1 Å². The highest BCUT2D eigenvalue weighted by atomic mass is 16.5. The van der Waals surface area contributed by atoms with Crippen molar-refractivity contribution < 1.29 is 4.74 Å². The van der Waals surface area contributed by atoms with Crippen LogP contribution in [0.2, 0.25) is 0 Å². The first-order valence-corrected chi connectivity index (χ1v) is 12.2. The second-order valence-corrected chi connectivity index (χ2v) is 9.00. The molecule has 0 amide bonds. The van der Waals surface area contributed by atoms with Crippen molar-refractivity contribution >= 4 is 0 Å². The number of allylic oxidation sites excluding steroid dienone is 2. The van der Waals surface area contributed by atoms with Crippen molar-refractivity contribution in [2.45, 2.75) is 78.2 Å². The zero-order chi connectivity index (χ0) is 21.0. The van der Waals surface area contributed by atoms with Crippen LogP contribution in [-0.4, -0.2) is 6.61 Å². The highest BCUT2D eigenvalue weighted by molar-refractivity contribution is 5.63. The van der Waals surface area contributed by atoms with Gasteiger partial charge in [-0.3, -0.25) is 0 Å². The Labute approximate surface area is 184 Å². The van der Waals surface area contributed by atoms with Crippen LogP contribution >= 0.6 is 0 Å². The van der Waals surface area contributed by atoms with E-state index < -0.39 is 0 Å². The van der Waals surface area contributed by atoms with Crippen molar-refractivity contribution in [3.05, 3.63) is 71.8 Å². The van der Waals surface area contributed by atoms with Gasteiger partial charge in [-0.25, -0.2) is 0 Å². The molecule has 1 heteroatoms. The lowest BCUT2D eigenvalue weighted by Crippen LogP contribution is -2.13. The molecule has 1 nitrogen and oxygen atoms in total.